The van der Waals surface area contributed by atoms with Crippen molar-refractivity contribution in [1.82, 2.24) is 5.32 Å². The molecule has 1 rings (SSSR count). The lowest BCUT2D eigenvalue weighted by Gasteiger charge is -2.11. The molecule has 1 aromatic rings. The summed E-state index contributed by atoms with van der Waals surface area (Å²) in [5.74, 6) is -4.32. The number of carbonyl (C=O) groups is 2. The summed E-state index contributed by atoms with van der Waals surface area (Å²) in [7, 11) is 0. The highest BCUT2D eigenvalue weighted by Crippen LogP contribution is 2.36. The molecular formula is C10H11NO6. The van der Waals surface area contributed by atoms with E-state index in [1.54, 1.807) is 0 Å². The van der Waals surface area contributed by atoms with Crippen molar-refractivity contribution in [2.45, 2.75) is 13.0 Å². The van der Waals surface area contributed by atoms with Crippen LogP contribution in [0.2, 0.25) is 0 Å². The van der Waals surface area contributed by atoms with Gasteiger partial charge in [0.05, 0.1) is 5.56 Å². The minimum absolute atomic E-state index is 0.326. The second-order valence-electron chi connectivity index (χ2n) is 3.36. The van der Waals surface area contributed by atoms with Crippen molar-refractivity contribution in [2.24, 2.45) is 0 Å². The van der Waals surface area contributed by atoms with Crippen LogP contribution in [-0.2, 0) is 4.79 Å². The van der Waals surface area contributed by atoms with Gasteiger partial charge >= 0.3 is 5.97 Å². The van der Waals surface area contributed by atoms with E-state index >= 15 is 0 Å². The van der Waals surface area contributed by atoms with E-state index in [-0.39, 0.29) is 5.56 Å². The fourth-order valence-electron chi connectivity index (χ4n) is 1.09. The minimum atomic E-state index is -1.24. The van der Waals surface area contributed by atoms with Crippen LogP contribution in [0.1, 0.15) is 17.3 Å². The SMILES string of the molecule is C[C@H](NC(=O)c1ccc(O)c(O)c1O)C(=O)O. The molecule has 0 spiro atoms. The average Bonchev–Trinajstić information content (AvgIpc) is 2.25. The molecule has 0 aliphatic rings. The van der Waals surface area contributed by atoms with Gasteiger partial charge in [-0.1, -0.05) is 0 Å². The van der Waals surface area contributed by atoms with Crippen LogP contribution in [0.4, 0.5) is 0 Å². The molecule has 0 aliphatic heterocycles. The third-order valence-corrected chi connectivity index (χ3v) is 2.09. The number of benzene rings is 1. The van der Waals surface area contributed by atoms with Crippen LogP contribution in [0.3, 0.4) is 0 Å². The molecule has 0 saturated carbocycles. The van der Waals surface area contributed by atoms with Gasteiger partial charge in [0.25, 0.3) is 5.91 Å². The molecule has 0 aromatic heterocycles. The number of aromatic hydroxyl groups is 3. The van der Waals surface area contributed by atoms with Gasteiger partial charge in [0, 0.05) is 0 Å². The number of hydrogen-bond donors (Lipinski definition) is 5. The van der Waals surface area contributed by atoms with Gasteiger partial charge in [0.15, 0.2) is 11.5 Å². The first kappa shape index (κ1) is 12.6. The Hall–Kier alpha value is -2.44. The summed E-state index contributed by atoms with van der Waals surface area (Å²) in [4.78, 5) is 22.0. The fourth-order valence-corrected chi connectivity index (χ4v) is 1.09. The number of carboxylic acid groups (broad SMARTS) is 1. The second kappa shape index (κ2) is 4.60. The molecule has 7 nitrogen and oxygen atoms in total. The van der Waals surface area contributed by atoms with Crippen LogP contribution in [0.15, 0.2) is 12.1 Å². The van der Waals surface area contributed by atoms with Crippen molar-refractivity contribution in [3.05, 3.63) is 17.7 Å². The minimum Gasteiger partial charge on any atom is -0.504 e. The van der Waals surface area contributed by atoms with E-state index in [1.807, 2.05) is 0 Å². The molecule has 5 N–H and O–H groups in total. The number of phenols is 3. The predicted octanol–water partition coefficient (Wildman–Crippen LogP) is 0.00630. The number of aliphatic carboxylic acids is 1. The second-order valence-corrected chi connectivity index (χ2v) is 3.36. The Morgan fingerprint density at radius 3 is 2.29 bits per heavy atom. The zero-order valence-corrected chi connectivity index (χ0v) is 8.84. The van der Waals surface area contributed by atoms with Gasteiger partial charge in [-0.25, -0.2) is 0 Å². The largest absolute Gasteiger partial charge is 0.504 e. The van der Waals surface area contributed by atoms with E-state index in [0.29, 0.717) is 0 Å². The van der Waals surface area contributed by atoms with Crippen LogP contribution in [0.5, 0.6) is 17.2 Å². The highest BCUT2D eigenvalue weighted by molar-refractivity contribution is 5.99. The number of carbonyl (C=O) groups excluding carboxylic acids is 1. The molecule has 1 amide bonds. The maximum atomic E-state index is 11.5. The summed E-state index contributed by atoms with van der Waals surface area (Å²) in [6.45, 7) is 1.25. The Kier molecular flexibility index (Phi) is 3.42. The molecule has 92 valence electrons. The van der Waals surface area contributed by atoms with Crippen molar-refractivity contribution in [2.75, 3.05) is 0 Å². The highest BCUT2D eigenvalue weighted by Gasteiger charge is 2.20. The van der Waals surface area contributed by atoms with E-state index < -0.39 is 35.2 Å². The quantitative estimate of drug-likeness (QED) is 0.474. The van der Waals surface area contributed by atoms with Crippen molar-refractivity contribution in [3.8, 4) is 17.2 Å². The summed E-state index contributed by atoms with van der Waals surface area (Å²) in [6.07, 6.45) is 0. The van der Waals surface area contributed by atoms with Crippen molar-refractivity contribution in [3.63, 3.8) is 0 Å². The molecule has 0 saturated heterocycles. The van der Waals surface area contributed by atoms with Crippen LogP contribution in [0, 0.1) is 0 Å². The standard InChI is InChI=1S/C10H11NO6/c1-4(10(16)17)11-9(15)5-2-3-6(12)8(14)7(5)13/h2-4,12-14H,1H3,(H,11,15)(H,16,17)/t4-/m0/s1. The molecule has 0 unspecified atom stereocenters. The molecule has 1 atom stereocenters. The third-order valence-electron chi connectivity index (χ3n) is 2.09. The van der Waals surface area contributed by atoms with Crippen molar-refractivity contribution < 1.29 is 30.0 Å². The molecule has 0 bridgehead atoms. The number of hydrogen-bond acceptors (Lipinski definition) is 5. The predicted molar refractivity (Wildman–Crippen MR) is 56.0 cm³/mol. The van der Waals surface area contributed by atoms with Crippen LogP contribution in [-0.4, -0.2) is 38.3 Å². The maximum absolute atomic E-state index is 11.5. The van der Waals surface area contributed by atoms with E-state index in [4.69, 9.17) is 10.2 Å². The molecule has 0 radical (unpaired) electrons. The van der Waals surface area contributed by atoms with Crippen molar-refractivity contribution >= 4 is 11.9 Å². The molecule has 0 aliphatic carbocycles. The van der Waals surface area contributed by atoms with E-state index in [0.717, 1.165) is 12.1 Å². The molecule has 0 heterocycles. The Labute approximate surface area is 95.9 Å². The average molecular weight is 241 g/mol. The number of nitrogens with one attached hydrogen (secondary N) is 1. The Morgan fingerprint density at radius 1 is 1.18 bits per heavy atom. The Bertz CT molecular complexity index is 470. The highest BCUT2D eigenvalue weighted by atomic mass is 16.4. The van der Waals surface area contributed by atoms with Crippen LogP contribution < -0.4 is 5.32 Å². The summed E-state index contributed by atoms with van der Waals surface area (Å²) >= 11 is 0. The first-order valence-electron chi connectivity index (χ1n) is 4.62. The number of rotatable bonds is 3. The normalized spacial score (nSPS) is 11.8. The molecule has 7 heteroatoms. The van der Waals surface area contributed by atoms with Gasteiger partial charge in [-0.05, 0) is 19.1 Å². The first-order chi connectivity index (χ1) is 7.84. The van der Waals surface area contributed by atoms with Gasteiger partial charge in [-0.2, -0.15) is 0 Å². The Morgan fingerprint density at radius 2 is 1.76 bits per heavy atom. The van der Waals surface area contributed by atoms with Gasteiger partial charge in [0.1, 0.15) is 6.04 Å². The van der Waals surface area contributed by atoms with Gasteiger partial charge in [-0.15, -0.1) is 0 Å². The zero-order valence-electron chi connectivity index (χ0n) is 8.84. The lowest BCUT2D eigenvalue weighted by molar-refractivity contribution is -0.138. The van der Waals surface area contributed by atoms with E-state index in [9.17, 15) is 19.8 Å². The molecular weight excluding hydrogens is 230 g/mol. The number of phenolic OH excluding ortho intramolecular Hbond substituents is 3. The van der Waals surface area contributed by atoms with Gasteiger partial charge < -0.3 is 25.7 Å². The lowest BCUT2D eigenvalue weighted by Crippen LogP contribution is -2.38. The molecule has 17 heavy (non-hydrogen) atoms. The fraction of sp³-hybridized carbons (Fsp3) is 0.200. The summed E-state index contributed by atoms with van der Waals surface area (Å²) < 4.78 is 0. The molecule has 1 aromatic carbocycles. The van der Waals surface area contributed by atoms with E-state index in [2.05, 4.69) is 5.32 Å². The third kappa shape index (κ3) is 2.57. The topological polar surface area (TPSA) is 127 Å². The van der Waals surface area contributed by atoms with Crippen LogP contribution >= 0.6 is 0 Å². The Balaban J connectivity index is 2.98. The summed E-state index contributed by atoms with van der Waals surface area (Å²) in [5.41, 5.74) is -0.326. The van der Waals surface area contributed by atoms with Gasteiger partial charge in [0.2, 0.25) is 5.75 Å². The van der Waals surface area contributed by atoms with E-state index in [1.165, 1.54) is 6.92 Å². The van der Waals surface area contributed by atoms with Crippen LogP contribution in [0.25, 0.3) is 0 Å². The van der Waals surface area contributed by atoms with Gasteiger partial charge in [-0.3, -0.25) is 9.59 Å². The summed E-state index contributed by atoms with van der Waals surface area (Å²) in [5, 5.41) is 38.3. The molecule has 0 fully saturated rings. The maximum Gasteiger partial charge on any atom is 0.325 e. The smallest absolute Gasteiger partial charge is 0.325 e. The first-order valence-corrected chi connectivity index (χ1v) is 4.62. The summed E-state index contributed by atoms with van der Waals surface area (Å²) in [6, 6.07) is 0.932. The number of carboxylic acids is 1. The zero-order chi connectivity index (χ0) is 13.2. The lowest BCUT2D eigenvalue weighted by atomic mass is 10.1. The monoisotopic (exact) mass is 241 g/mol. The number of amides is 1. The van der Waals surface area contributed by atoms with Crippen molar-refractivity contribution in [1.29, 1.82) is 0 Å².